The number of alkyl halides is 3. The number of carbonyl (C=O) groups excluding carboxylic acids is 3. The van der Waals surface area contributed by atoms with Crippen molar-refractivity contribution in [3.63, 3.8) is 0 Å². The van der Waals surface area contributed by atoms with E-state index in [0.717, 1.165) is 60.6 Å². The number of pyridine rings is 1. The summed E-state index contributed by atoms with van der Waals surface area (Å²) < 4.78 is 45.7. The van der Waals surface area contributed by atoms with E-state index >= 15 is 0 Å². The molecule has 0 unspecified atom stereocenters. The number of benzene rings is 4. The van der Waals surface area contributed by atoms with Crippen LogP contribution in [0.4, 0.5) is 24.5 Å². The van der Waals surface area contributed by atoms with E-state index in [9.17, 15) is 37.5 Å². The van der Waals surface area contributed by atoms with Gasteiger partial charge in [-0.15, -0.1) is 11.8 Å². The summed E-state index contributed by atoms with van der Waals surface area (Å²) in [5.41, 5.74) is 2.67. The zero-order valence-electron chi connectivity index (χ0n) is 37.8. The monoisotopic (exact) mass is 923 g/mol. The summed E-state index contributed by atoms with van der Waals surface area (Å²) in [5, 5.41) is 15.0. The van der Waals surface area contributed by atoms with Crippen LogP contribution in [0.3, 0.4) is 0 Å². The molecule has 1 fully saturated rings. The van der Waals surface area contributed by atoms with Crippen molar-refractivity contribution in [2.45, 2.75) is 94.3 Å². The van der Waals surface area contributed by atoms with Crippen molar-refractivity contribution in [3.05, 3.63) is 143 Å². The van der Waals surface area contributed by atoms with Gasteiger partial charge in [0, 0.05) is 83.6 Å². The van der Waals surface area contributed by atoms with Gasteiger partial charge in [0.2, 0.25) is 0 Å². The molecule has 0 bridgehead atoms. The first kappa shape index (κ1) is 49.2. The Hall–Kier alpha value is -6.19. The van der Waals surface area contributed by atoms with Crippen LogP contribution < -0.4 is 15.5 Å². The van der Waals surface area contributed by atoms with Crippen LogP contribution in [0.25, 0.3) is 11.3 Å². The quantitative estimate of drug-likeness (QED) is 0.0733. The van der Waals surface area contributed by atoms with Crippen LogP contribution in [0.5, 0.6) is 0 Å². The average Bonchev–Trinajstić information content (AvgIpc) is 3.29. The second kappa shape index (κ2) is 21.4. The van der Waals surface area contributed by atoms with Crippen molar-refractivity contribution in [2.24, 2.45) is 0 Å². The molecule has 3 amide bonds. The summed E-state index contributed by atoms with van der Waals surface area (Å²) in [6.07, 6.45) is 0.615. The maximum atomic E-state index is 14.0. The van der Waals surface area contributed by atoms with Crippen LogP contribution in [0.15, 0.2) is 114 Å². The summed E-state index contributed by atoms with van der Waals surface area (Å²) in [4.78, 5) is 61.6. The highest BCUT2D eigenvalue weighted by Crippen LogP contribution is 2.34. The first-order chi connectivity index (χ1) is 31.3. The van der Waals surface area contributed by atoms with Crippen molar-refractivity contribution in [1.29, 1.82) is 0 Å². The lowest BCUT2D eigenvalue weighted by atomic mass is 9.97. The molecule has 0 atom stereocenters. The SMILES string of the molecule is CN(C(=O)c1cccc(SCc2cccc(C(=O)Nc3ccc(N4CCCCC4)cc3-c3cc(C(=O)NCc4cccc(C(F)(F)F)c4)ccn3)c2)c1)C(C)(C)CCOC(C)(C)CC(=O)O. The molecular formula is C51H56F3N5O6S. The lowest BCUT2D eigenvalue weighted by molar-refractivity contribution is -0.144. The van der Waals surface area contributed by atoms with Gasteiger partial charge in [-0.2, -0.15) is 13.2 Å². The molecule has 66 heavy (non-hydrogen) atoms. The molecule has 1 saturated heterocycles. The van der Waals surface area contributed by atoms with Crippen molar-refractivity contribution < 1.29 is 42.2 Å². The normalized spacial score (nSPS) is 13.2. The molecule has 1 aromatic heterocycles. The van der Waals surface area contributed by atoms with Gasteiger partial charge in [0.1, 0.15) is 0 Å². The number of thioether (sulfide) groups is 1. The molecule has 3 N–H and O–H groups in total. The van der Waals surface area contributed by atoms with Crippen LogP contribution in [-0.2, 0) is 28.0 Å². The summed E-state index contributed by atoms with van der Waals surface area (Å²) in [6.45, 7) is 9.29. The Labute approximate surface area is 388 Å². The minimum Gasteiger partial charge on any atom is -0.481 e. The number of halogens is 3. The maximum absolute atomic E-state index is 14.0. The van der Waals surface area contributed by atoms with Gasteiger partial charge in [0.25, 0.3) is 17.7 Å². The number of aliphatic carboxylic acids is 1. The van der Waals surface area contributed by atoms with E-state index in [4.69, 9.17) is 4.74 Å². The second-order valence-electron chi connectivity index (χ2n) is 17.7. The predicted molar refractivity (Wildman–Crippen MR) is 252 cm³/mol. The van der Waals surface area contributed by atoms with E-state index in [2.05, 4.69) is 20.5 Å². The third-order valence-corrected chi connectivity index (χ3v) is 12.7. The largest absolute Gasteiger partial charge is 0.481 e. The maximum Gasteiger partial charge on any atom is 0.416 e. The Morgan fingerprint density at radius 3 is 2.24 bits per heavy atom. The number of piperidine rings is 1. The fraction of sp³-hybridized carbons (Fsp3) is 0.353. The molecule has 1 aliphatic rings. The lowest BCUT2D eigenvalue weighted by Gasteiger charge is -2.37. The predicted octanol–water partition coefficient (Wildman–Crippen LogP) is 10.7. The molecule has 0 aliphatic carbocycles. The number of carbonyl (C=O) groups is 4. The Morgan fingerprint density at radius 2 is 1.50 bits per heavy atom. The minimum absolute atomic E-state index is 0.109. The third kappa shape index (κ3) is 13.4. The molecule has 0 radical (unpaired) electrons. The Morgan fingerprint density at radius 1 is 0.803 bits per heavy atom. The van der Waals surface area contributed by atoms with Crippen molar-refractivity contribution in [2.75, 3.05) is 37.0 Å². The number of anilines is 2. The summed E-state index contributed by atoms with van der Waals surface area (Å²) in [7, 11) is 1.75. The van der Waals surface area contributed by atoms with Gasteiger partial charge in [0.05, 0.1) is 29.0 Å². The summed E-state index contributed by atoms with van der Waals surface area (Å²) in [5.74, 6) is -1.42. The smallest absolute Gasteiger partial charge is 0.416 e. The van der Waals surface area contributed by atoms with Crippen molar-refractivity contribution in [3.8, 4) is 11.3 Å². The number of aromatic nitrogens is 1. The van der Waals surface area contributed by atoms with Gasteiger partial charge < -0.3 is 30.3 Å². The third-order valence-electron chi connectivity index (χ3n) is 11.6. The highest BCUT2D eigenvalue weighted by molar-refractivity contribution is 7.98. The van der Waals surface area contributed by atoms with Gasteiger partial charge in [-0.1, -0.05) is 30.3 Å². The van der Waals surface area contributed by atoms with Crippen LogP contribution in [0, 0.1) is 0 Å². The van der Waals surface area contributed by atoms with Crippen LogP contribution in [-0.4, -0.2) is 76.6 Å². The molecule has 0 spiro atoms. The number of amides is 3. The Kier molecular flexibility index (Phi) is 16.0. The van der Waals surface area contributed by atoms with Gasteiger partial charge in [-0.3, -0.25) is 24.2 Å². The van der Waals surface area contributed by atoms with Crippen LogP contribution in [0.1, 0.15) is 108 Å². The zero-order chi connectivity index (χ0) is 47.6. The number of hydrogen-bond donors (Lipinski definition) is 3. The fourth-order valence-corrected chi connectivity index (χ4v) is 8.47. The molecule has 6 rings (SSSR count). The molecule has 1 aliphatic heterocycles. The zero-order valence-corrected chi connectivity index (χ0v) is 38.7. The van der Waals surface area contributed by atoms with Gasteiger partial charge in [0.15, 0.2) is 0 Å². The molecule has 2 heterocycles. The van der Waals surface area contributed by atoms with E-state index in [1.54, 1.807) is 44.0 Å². The number of carboxylic acid groups (broad SMARTS) is 1. The molecule has 0 saturated carbocycles. The number of carboxylic acids is 1. The molecule has 15 heteroatoms. The second-order valence-corrected chi connectivity index (χ2v) is 18.7. The molecular weight excluding hydrogens is 868 g/mol. The van der Waals surface area contributed by atoms with E-state index in [-0.39, 0.29) is 37.0 Å². The summed E-state index contributed by atoms with van der Waals surface area (Å²) in [6, 6.07) is 28.4. The number of ether oxygens (including phenoxy) is 1. The number of nitrogens with zero attached hydrogens (tertiary/aromatic N) is 3. The highest BCUT2D eigenvalue weighted by Gasteiger charge is 2.31. The van der Waals surface area contributed by atoms with Gasteiger partial charge in [-0.05, 0) is 137 Å². The van der Waals surface area contributed by atoms with Gasteiger partial charge in [-0.25, -0.2) is 0 Å². The van der Waals surface area contributed by atoms with E-state index in [1.165, 1.54) is 36.2 Å². The fourth-order valence-electron chi connectivity index (χ4n) is 7.57. The van der Waals surface area contributed by atoms with Crippen LogP contribution >= 0.6 is 11.8 Å². The Bertz CT molecular complexity index is 2540. The van der Waals surface area contributed by atoms with E-state index < -0.39 is 34.8 Å². The highest BCUT2D eigenvalue weighted by atomic mass is 32.2. The van der Waals surface area contributed by atoms with Crippen molar-refractivity contribution >= 4 is 46.8 Å². The molecule has 348 valence electrons. The first-order valence-corrected chi connectivity index (χ1v) is 22.8. The standard InChI is InChI=1S/C51H56F3N5O6S/c1-49(2,21-25-65-50(3,4)31-45(60)61)58(5)48(64)38-15-11-17-41(28-38)66-33-35-13-9-14-36(26-35)47(63)57-43-19-18-40(59-23-7-6-8-24-59)30-42(43)44-29-37(20-22-55-44)46(62)56-32-34-12-10-16-39(27-34)51(52,53)54/h9-20,22,26-30H,6-8,21,23-25,31-33H2,1-5H3,(H,56,62)(H,57,63)(H,60,61). The van der Waals surface area contributed by atoms with Crippen LogP contribution in [0.2, 0.25) is 0 Å². The first-order valence-electron chi connectivity index (χ1n) is 21.8. The molecule has 5 aromatic rings. The lowest BCUT2D eigenvalue weighted by Crippen LogP contribution is -2.46. The average molecular weight is 924 g/mol. The van der Waals surface area contributed by atoms with E-state index in [1.807, 2.05) is 68.4 Å². The van der Waals surface area contributed by atoms with Gasteiger partial charge >= 0.3 is 12.1 Å². The number of hydrogen-bond acceptors (Lipinski definition) is 8. The van der Waals surface area contributed by atoms with E-state index in [0.29, 0.717) is 45.8 Å². The minimum atomic E-state index is -4.50. The Balaban J connectivity index is 1.13. The number of nitrogens with one attached hydrogen (secondary N) is 2. The van der Waals surface area contributed by atoms with Crippen molar-refractivity contribution in [1.82, 2.24) is 15.2 Å². The number of rotatable bonds is 18. The topological polar surface area (TPSA) is 141 Å². The molecule has 4 aromatic carbocycles. The summed E-state index contributed by atoms with van der Waals surface area (Å²) >= 11 is 1.53. The molecule has 11 nitrogen and oxygen atoms in total.